The van der Waals surface area contributed by atoms with E-state index in [0.717, 1.165) is 42.9 Å². The molecule has 0 aliphatic carbocycles. The third-order valence-corrected chi connectivity index (χ3v) is 4.18. The summed E-state index contributed by atoms with van der Waals surface area (Å²) in [7, 11) is 0. The van der Waals surface area contributed by atoms with Gasteiger partial charge in [-0.1, -0.05) is 11.6 Å². The molecule has 0 amide bonds. The molecule has 0 spiro atoms. The second-order valence-electron chi connectivity index (χ2n) is 5.34. The molecule has 1 aliphatic heterocycles. The van der Waals surface area contributed by atoms with E-state index in [2.05, 4.69) is 25.2 Å². The van der Waals surface area contributed by atoms with Gasteiger partial charge in [-0.2, -0.15) is 0 Å². The molecule has 1 N–H and O–H groups in total. The first-order valence-electron chi connectivity index (χ1n) is 7.51. The van der Waals surface area contributed by atoms with Crippen molar-refractivity contribution >= 4 is 28.3 Å². The Kier molecular flexibility index (Phi) is 3.77. The fourth-order valence-corrected chi connectivity index (χ4v) is 2.95. The molecule has 6 nitrogen and oxygen atoms in total. The molecule has 116 valence electrons. The number of nitrogens with zero attached hydrogens (tertiary/aromatic N) is 5. The van der Waals surface area contributed by atoms with Gasteiger partial charge >= 0.3 is 0 Å². The van der Waals surface area contributed by atoms with Crippen LogP contribution in [0.2, 0.25) is 5.15 Å². The molecule has 0 aromatic carbocycles. The molecule has 0 radical (unpaired) electrons. The standard InChI is InChI=1S/C16H15ClN6/c17-14-13-12(3-6-20-14)16(23-9-7-19-8-10-23)22-15(21-13)11-1-4-18-5-2-11/h1-6,19H,7-10H2. The van der Waals surface area contributed by atoms with Crippen molar-refractivity contribution in [3.63, 3.8) is 0 Å². The smallest absolute Gasteiger partial charge is 0.162 e. The number of halogens is 1. The van der Waals surface area contributed by atoms with E-state index < -0.39 is 0 Å². The molecule has 1 aliphatic rings. The summed E-state index contributed by atoms with van der Waals surface area (Å²) in [5.74, 6) is 1.55. The van der Waals surface area contributed by atoms with E-state index >= 15 is 0 Å². The summed E-state index contributed by atoms with van der Waals surface area (Å²) in [6, 6.07) is 5.72. The molecular formula is C16H15ClN6. The minimum atomic E-state index is 0.400. The number of piperazine rings is 1. The van der Waals surface area contributed by atoms with E-state index in [4.69, 9.17) is 16.6 Å². The average molecular weight is 327 g/mol. The van der Waals surface area contributed by atoms with Gasteiger partial charge in [0.25, 0.3) is 0 Å². The third-order valence-electron chi connectivity index (χ3n) is 3.91. The SMILES string of the molecule is Clc1nccc2c(N3CCNCC3)nc(-c3ccncc3)nc12. The maximum absolute atomic E-state index is 6.28. The normalized spacial score (nSPS) is 15.1. The minimum Gasteiger partial charge on any atom is -0.353 e. The summed E-state index contributed by atoms with van der Waals surface area (Å²) in [6.45, 7) is 3.69. The van der Waals surface area contributed by atoms with E-state index in [1.807, 2.05) is 18.2 Å². The molecular weight excluding hydrogens is 312 g/mol. The number of pyridine rings is 2. The topological polar surface area (TPSA) is 66.8 Å². The van der Waals surface area contributed by atoms with Gasteiger partial charge in [-0.05, 0) is 18.2 Å². The molecule has 23 heavy (non-hydrogen) atoms. The molecule has 1 saturated heterocycles. The minimum absolute atomic E-state index is 0.400. The third kappa shape index (κ3) is 2.71. The highest BCUT2D eigenvalue weighted by atomic mass is 35.5. The fraction of sp³-hybridized carbons (Fsp3) is 0.250. The summed E-state index contributed by atoms with van der Waals surface area (Å²) >= 11 is 6.28. The van der Waals surface area contributed by atoms with E-state index in [-0.39, 0.29) is 0 Å². The summed E-state index contributed by atoms with van der Waals surface area (Å²) in [6.07, 6.45) is 5.17. The lowest BCUT2D eigenvalue weighted by atomic mass is 10.2. The van der Waals surface area contributed by atoms with Gasteiger partial charge in [0.2, 0.25) is 0 Å². The lowest BCUT2D eigenvalue weighted by Crippen LogP contribution is -2.44. The van der Waals surface area contributed by atoms with Crippen molar-refractivity contribution in [2.45, 2.75) is 0 Å². The predicted octanol–water partition coefficient (Wildman–Crippen LogP) is 2.15. The first-order chi connectivity index (χ1) is 11.3. The number of aromatic nitrogens is 4. The molecule has 0 atom stereocenters. The van der Waals surface area contributed by atoms with Crippen LogP contribution in [-0.4, -0.2) is 46.1 Å². The largest absolute Gasteiger partial charge is 0.353 e. The van der Waals surface area contributed by atoms with Crippen molar-refractivity contribution in [2.75, 3.05) is 31.1 Å². The van der Waals surface area contributed by atoms with Crippen LogP contribution >= 0.6 is 11.6 Å². The molecule has 3 aromatic heterocycles. The fourth-order valence-electron chi connectivity index (χ4n) is 2.75. The van der Waals surface area contributed by atoms with E-state index in [0.29, 0.717) is 16.5 Å². The van der Waals surface area contributed by atoms with Gasteiger partial charge in [0.05, 0.1) is 0 Å². The average Bonchev–Trinajstić information content (AvgIpc) is 2.63. The Morgan fingerprint density at radius 2 is 1.78 bits per heavy atom. The van der Waals surface area contributed by atoms with Crippen molar-refractivity contribution in [2.24, 2.45) is 0 Å². The van der Waals surface area contributed by atoms with E-state index in [1.54, 1.807) is 18.6 Å². The van der Waals surface area contributed by atoms with Gasteiger partial charge in [0, 0.05) is 55.7 Å². The van der Waals surface area contributed by atoms with Crippen LogP contribution in [0.4, 0.5) is 5.82 Å². The Hall–Kier alpha value is -2.31. The molecule has 1 fully saturated rings. The number of rotatable bonds is 2. The number of nitrogens with one attached hydrogen (secondary N) is 1. The van der Waals surface area contributed by atoms with Gasteiger partial charge in [0.1, 0.15) is 11.3 Å². The van der Waals surface area contributed by atoms with Gasteiger partial charge in [-0.25, -0.2) is 15.0 Å². The van der Waals surface area contributed by atoms with Crippen molar-refractivity contribution < 1.29 is 0 Å². The second-order valence-corrected chi connectivity index (χ2v) is 5.70. The Bertz CT molecular complexity index is 833. The lowest BCUT2D eigenvalue weighted by molar-refractivity contribution is 0.586. The Labute approximate surface area is 138 Å². The highest BCUT2D eigenvalue weighted by Crippen LogP contribution is 2.30. The summed E-state index contributed by atoms with van der Waals surface area (Å²) in [5.41, 5.74) is 1.60. The molecule has 4 rings (SSSR count). The summed E-state index contributed by atoms with van der Waals surface area (Å²) in [5, 5.41) is 4.69. The molecule has 4 heterocycles. The van der Waals surface area contributed by atoms with Gasteiger partial charge in [-0.3, -0.25) is 4.98 Å². The van der Waals surface area contributed by atoms with E-state index in [9.17, 15) is 0 Å². The number of hydrogen-bond donors (Lipinski definition) is 1. The van der Waals surface area contributed by atoms with Crippen LogP contribution in [0, 0.1) is 0 Å². The first-order valence-corrected chi connectivity index (χ1v) is 7.89. The zero-order valence-corrected chi connectivity index (χ0v) is 13.2. The summed E-state index contributed by atoms with van der Waals surface area (Å²) < 4.78 is 0. The van der Waals surface area contributed by atoms with Crippen LogP contribution in [-0.2, 0) is 0 Å². The lowest BCUT2D eigenvalue weighted by Gasteiger charge is -2.29. The zero-order valence-electron chi connectivity index (χ0n) is 12.4. The highest BCUT2D eigenvalue weighted by Gasteiger charge is 2.18. The molecule has 7 heteroatoms. The van der Waals surface area contributed by atoms with Gasteiger partial charge < -0.3 is 10.2 Å². The Morgan fingerprint density at radius 1 is 1.00 bits per heavy atom. The zero-order chi connectivity index (χ0) is 15.6. The van der Waals surface area contributed by atoms with Crippen LogP contribution in [0.15, 0.2) is 36.8 Å². The van der Waals surface area contributed by atoms with Crippen molar-refractivity contribution in [3.05, 3.63) is 41.9 Å². The van der Waals surface area contributed by atoms with Crippen LogP contribution < -0.4 is 10.2 Å². The van der Waals surface area contributed by atoms with Gasteiger partial charge in [0.15, 0.2) is 11.0 Å². The van der Waals surface area contributed by atoms with Crippen LogP contribution in [0.3, 0.4) is 0 Å². The summed E-state index contributed by atoms with van der Waals surface area (Å²) in [4.78, 5) is 19.9. The quantitative estimate of drug-likeness (QED) is 0.728. The number of hydrogen-bond acceptors (Lipinski definition) is 6. The molecule has 0 unspecified atom stereocenters. The van der Waals surface area contributed by atoms with Crippen molar-refractivity contribution in [3.8, 4) is 11.4 Å². The molecule has 3 aromatic rings. The molecule has 0 saturated carbocycles. The highest BCUT2D eigenvalue weighted by molar-refractivity contribution is 6.34. The maximum Gasteiger partial charge on any atom is 0.162 e. The molecule has 0 bridgehead atoms. The Morgan fingerprint density at radius 3 is 2.57 bits per heavy atom. The van der Waals surface area contributed by atoms with Crippen molar-refractivity contribution in [1.29, 1.82) is 0 Å². The van der Waals surface area contributed by atoms with Crippen LogP contribution in [0.5, 0.6) is 0 Å². The van der Waals surface area contributed by atoms with Crippen molar-refractivity contribution in [1.82, 2.24) is 25.3 Å². The Balaban J connectivity index is 1.93. The first kappa shape index (κ1) is 14.3. The monoisotopic (exact) mass is 326 g/mol. The van der Waals surface area contributed by atoms with Crippen LogP contribution in [0.1, 0.15) is 0 Å². The number of fused-ring (bicyclic) bond motifs is 1. The maximum atomic E-state index is 6.28. The van der Waals surface area contributed by atoms with E-state index in [1.165, 1.54) is 0 Å². The number of anilines is 1. The predicted molar refractivity (Wildman–Crippen MR) is 90.7 cm³/mol. The second kappa shape index (κ2) is 6.06. The van der Waals surface area contributed by atoms with Crippen LogP contribution in [0.25, 0.3) is 22.3 Å². The van der Waals surface area contributed by atoms with Gasteiger partial charge in [-0.15, -0.1) is 0 Å².